The summed E-state index contributed by atoms with van der Waals surface area (Å²) in [6, 6.07) is 19.7. The molecule has 1 saturated carbocycles. The Hall–Kier alpha value is -4.35. The molecule has 3 aromatic heterocycles. The van der Waals surface area contributed by atoms with Gasteiger partial charge in [0.1, 0.15) is 18.2 Å². The maximum Gasteiger partial charge on any atom is 0.218 e. The average molecular weight is 728 g/mol. The molecule has 0 radical (unpaired) electrons. The molecule has 2 aliphatic rings. The summed E-state index contributed by atoms with van der Waals surface area (Å²) in [5, 5.41) is 13.2. The van der Waals surface area contributed by atoms with Crippen LogP contribution in [0.1, 0.15) is 48.5 Å². The van der Waals surface area contributed by atoms with Crippen LogP contribution in [0.2, 0.25) is 10.0 Å². The summed E-state index contributed by atoms with van der Waals surface area (Å²) in [5.74, 6) is 3.71. The quantitative estimate of drug-likeness (QED) is 0.131. The second-order valence-electron chi connectivity index (χ2n) is 12.9. The molecular weight excluding hydrogens is 687 g/mol. The third-order valence-electron chi connectivity index (χ3n) is 9.64. The first-order valence-electron chi connectivity index (χ1n) is 17.3. The summed E-state index contributed by atoms with van der Waals surface area (Å²) in [6.07, 6.45) is 4.76. The number of hydrogen-bond acceptors (Lipinski definition) is 9. The van der Waals surface area contributed by atoms with Crippen molar-refractivity contribution in [1.82, 2.24) is 30.0 Å². The van der Waals surface area contributed by atoms with E-state index in [2.05, 4.69) is 26.1 Å². The van der Waals surface area contributed by atoms with Crippen LogP contribution in [-0.4, -0.2) is 57.9 Å². The van der Waals surface area contributed by atoms with Gasteiger partial charge in [-0.25, -0.2) is 9.97 Å². The van der Waals surface area contributed by atoms with Gasteiger partial charge in [0, 0.05) is 65.7 Å². The molecule has 5 aromatic rings. The number of pyridine rings is 2. The van der Waals surface area contributed by atoms with Gasteiger partial charge < -0.3 is 24.1 Å². The Morgan fingerprint density at radius 3 is 2.14 bits per heavy atom. The number of carbonyl (C=O) groups is 1. The van der Waals surface area contributed by atoms with Crippen molar-refractivity contribution >= 4 is 29.0 Å². The second-order valence-corrected chi connectivity index (χ2v) is 13.7. The standard InChI is InChI=1S/C39H40Cl2N6O4/c1-49-38-25(6-3-11-34-45-46-35-23-51-19-18-47(34)35)13-16-32(43-38)30-9-4-7-28(36(30)40)29-8-5-10-31(37(29)41)33-17-14-26(39(44-33)50-2)22-42-21-24-12-15-27(48)20-24/h4-5,7-10,13-14,16-17,24,42H,3,6,11-12,15,18-23H2,1-2H3/t24-/m1/s1. The van der Waals surface area contributed by atoms with Gasteiger partial charge in [-0.15, -0.1) is 10.2 Å². The number of aryl methyl sites for hydroxylation is 2. The first kappa shape index (κ1) is 35.1. The Labute approximate surface area is 307 Å². The van der Waals surface area contributed by atoms with Crippen molar-refractivity contribution < 1.29 is 19.0 Å². The number of rotatable bonds is 13. The Morgan fingerprint density at radius 1 is 0.843 bits per heavy atom. The summed E-state index contributed by atoms with van der Waals surface area (Å²) < 4.78 is 19.1. The fourth-order valence-corrected chi connectivity index (χ4v) is 7.60. The number of nitrogens with zero attached hydrogens (tertiary/aromatic N) is 5. The summed E-state index contributed by atoms with van der Waals surface area (Å²) in [6.45, 7) is 3.37. The van der Waals surface area contributed by atoms with Crippen molar-refractivity contribution in [3.05, 3.63) is 93.5 Å². The van der Waals surface area contributed by atoms with Crippen LogP contribution in [-0.2, 0) is 42.1 Å². The van der Waals surface area contributed by atoms with Gasteiger partial charge in [-0.3, -0.25) is 4.79 Å². The predicted octanol–water partition coefficient (Wildman–Crippen LogP) is 7.56. The zero-order valence-corrected chi connectivity index (χ0v) is 30.3. The fraction of sp³-hybridized carbons (Fsp3) is 0.359. The van der Waals surface area contributed by atoms with Crippen molar-refractivity contribution in [3.63, 3.8) is 0 Å². The zero-order chi connectivity index (χ0) is 35.3. The molecule has 0 spiro atoms. The van der Waals surface area contributed by atoms with Gasteiger partial charge in [0.05, 0.1) is 42.3 Å². The normalized spacial score (nSPS) is 15.6. The number of nitrogens with one attached hydrogen (secondary N) is 1. The number of benzene rings is 2. The monoisotopic (exact) mass is 726 g/mol. The van der Waals surface area contributed by atoms with Crippen LogP contribution in [0.5, 0.6) is 11.8 Å². The SMILES string of the molecule is COc1nc(-c2cccc(-c3cccc(-c4ccc(CNC[C@@H]5CCC(=O)C5)c(OC)n4)c3Cl)c2Cl)ccc1CCCc1nnc2n1CCOC2. The van der Waals surface area contributed by atoms with Gasteiger partial charge in [0.25, 0.3) is 0 Å². The van der Waals surface area contributed by atoms with Gasteiger partial charge in [-0.2, -0.15) is 0 Å². The topological polar surface area (TPSA) is 113 Å². The predicted molar refractivity (Wildman–Crippen MR) is 197 cm³/mol. The zero-order valence-electron chi connectivity index (χ0n) is 28.8. The lowest BCUT2D eigenvalue weighted by Gasteiger charge is -2.16. The molecule has 1 atom stereocenters. The van der Waals surface area contributed by atoms with Crippen LogP contribution in [0.15, 0.2) is 60.7 Å². The van der Waals surface area contributed by atoms with Gasteiger partial charge in [0.15, 0.2) is 5.82 Å². The fourth-order valence-electron chi connectivity index (χ4n) is 6.95. The number of carbonyl (C=O) groups excluding carboxylic acids is 1. The van der Waals surface area contributed by atoms with Gasteiger partial charge in [-0.1, -0.05) is 71.7 Å². The molecule has 0 saturated heterocycles. The van der Waals surface area contributed by atoms with E-state index in [1.165, 1.54) is 0 Å². The van der Waals surface area contributed by atoms with Gasteiger partial charge in [0.2, 0.25) is 11.8 Å². The maximum absolute atomic E-state index is 11.6. The minimum absolute atomic E-state index is 0.352. The molecule has 1 aliphatic carbocycles. The summed E-state index contributed by atoms with van der Waals surface area (Å²) in [7, 11) is 3.25. The van der Waals surface area contributed by atoms with E-state index in [0.717, 1.165) is 83.8 Å². The van der Waals surface area contributed by atoms with Crippen molar-refractivity contribution in [1.29, 1.82) is 0 Å². The summed E-state index contributed by atoms with van der Waals surface area (Å²) in [5.41, 5.74) is 6.45. The van der Waals surface area contributed by atoms with Crippen LogP contribution in [0.25, 0.3) is 33.6 Å². The molecule has 2 aromatic carbocycles. The summed E-state index contributed by atoms with van der Waals surface area (Å²) >= 11 is 14.2. The van der Waals surface area contributed by atoms with Crippen LogP contribution in [0.3, 0.4) is 0 Å². The molecular formula is C39H40Cl2N6O4. The molecule has 12 heteroatoms. The van der Waals surface area contributed by atoms with E-state index in [9.17, 15) is 4.79 Å². The first-order valence-corrected chi connectivity index (χ1v) is 18.1. The Kier molecular flexibility index (Phi) is 10.9. The smallest absolute Gasteiger partial charge is 0.218 e. The highest BCUT2D eigenvalue weighted by Gasteiger charge is 2.22. The highest BCUT2D eigenvalue weighted by Crippen LogP contribution is 2.42. The molecule has 1 N–H and O–H groups in total. The van der Waals surface area contributed by atoms with E-state index < -0.39 is 0 Å². The minimum Gasteiger partial charge on any atom is -0.481 e. The molecule has 4 heterocycles. The number of fused-ring (bicyclic) bond motifs is 1. The van der Waals surface area contributed by atoms with E-state index in [0.29, 0.717) is 77.5 Å². The molecule has 7 rings (SSSR count). The third-order valence-corrected chi connectivity index (χ3v) is 10.5. The van der Waals surface area contributed by atoms with Crippen LogP contribution >= 0.6 is 23.2 Å². The Balaban J connectivity index is 1.08. The van der Waals surface area contributed by atoms with Gasteiger partial charge in [-0.05, 0) is 43.9 Å². The van der Waals surface area contributed by atoms with E-state index in [1.807, 2.05) is 54.6 Å². The highest BCUT2D eigenvalue weighted by molar-refractivity contribution is 6.39. The van der Waals surface area contributed by atoms with Crippen molar-refractivity contribution in [3.8, 4) is 45.4 Å². The number of aromatic nitrogens is 5. The van der Waals surface area contributed by atoms with Crippen LogP contribution in [0.4, 0.5) is 0 Å². The molecule has 51 heavy (non-hydrogen) atoms. The average Bonchev–Trinajstić information content (AvgIpc) is 3.77. The molecule has 264 valence electrons. The maximum atomic E-state index is 11.6. The number of Topliss-reactive ketones (excluding diaryl/α,β-unsaturated/α-hetero) is 1. The lowest BCUT2D eigenvalue weighted by molar-refractivity contribution is -0.117. The van der Waals surface area contributed by atoms with Crippen molar-refractivity contribution in [2.75, 3.05) is 27.4 Å². The Morgan fingerprint density at radius 2 is 1.49 bits per heavy atom. The van der Waals surface area contributed by atoms with Crippen LogP contribution in [0, 0.1) is 5.92 Å². The number of ketones is 1. The lowest BCUT2D eigenvalue weighted by Crippen LogP contribution is -2.21. The number of ether oxygens (including phenoxy) is 3. The van der Waals surface area contributed by atoms with E-state index in [1.54, 1.807) is 14.2 Å². The molecule has 0 bridgehead atoms. The molecule has 1 aliphatic heterocycles. The second kappa shape index (κ2) is 15.9. The van der Waals surface area contributed by atoms with E-state index >= 15 is 0 Å². The van der Waals surface area contributed by atoms with E-state index in [4.69, 9.17) is 47.4 Å². The molecule has 0 unspecified atom stereocenters. The highest BCUT2D eigenvalue weighted by atomic mass is 35.5. The third kappa shape index (κ3) is 7.65. The summed E-state index contributed by atoms with van der Waals surface area (Å²) in [4.78, 5) is 21.3. The largest absolute Gasteiger partial charge is 0.481 e. The van der Waals surface area contributed by atoms with Crippen LogP contribution < -0.4 is 14.8 Å². The Bertz CT molecular complexity index is 2050. The lowest BCUT2D eigenvalue weighted by atomic mass is 9.98. The van der Waals surface area contributed by atoms with E-state index in [-0.39, 0.29) is 0 Å². The minimum atomic E-state index is 0.352. The number of hydrogen-bond donors (Lipinski definition) is 1. The first-order chi connectivity index (χ1) is 24.9. The number of halogens is 2. The number of methoxy groups -OCH3 is 2. The molecule has 0 amide bonds. The van der Waals surface area contributed by atoms with Crippen molar-refractivity contribution in [2.45, 2.75) is 58.2 Å². The molecule has 1 fully saturated rings. The van der Waals surface area contributed by atoms with Gasteiger partial charge >= 0.3 is 0 Å². The van der Waals surface area contributed by atoms with Crippen molar-refractivity contribution in [2.24, 2.45) is 5.92 Å². The molecule has 10 nitrogen and oxygen atoms in total.